The molecule has 0 aliphatic rings. The number of nitrogens with zero attached hydrogens (tertiary/aromatic N) is 3. The van der Waals surface area contributed by atoms with Crippen LogP contribution in [0.4, 0.5) is 18.9 Å². The highest BCUT2D eigenvalue weighted by molar-refractivity contribution is 6.34. The lowest BCUT2D eigenvalue weighted by Gasteiger charge is -2.13. The topological polar surface area (TPSA) is 49.6 Å². The summed E-state index contributed by atoms with van der Waals surface area (Å²) in [5.74, 6) is -0.628. The molecule has 0 unspecified atom stereocenters. The molecule has 0 fully saturated rings. The summed E-state index contributed by atoms with van der Waals surface area (Å²) < 4.78 is 40.6. The minimum atomic E-state index is -4.54. The van der Waals surface area contributed by atoms with E-state index in [4.69, 9.17) is 11.6 Å². The van der Waals surface area contributed by atoms with E-state index in [0.717, 1.165) is 18.2 Å². The number of aromatic nitrogens is 2. The molecule has 27 heavy (non-hydrogen) atoms. The number of hydrogen-bond acceptors (Lipinski definition) is 3. The quantitative estimate of drug-likeness (QED) is 0.714. The van der Waals surface area contributed by atoms with Crippen LogP contribution in [0, 0.1) is 0 Å². The number of pyridine rings is 1. The molecular weight excluding hydrogens is 381 g/mol. The van der Waals surface area contributed by atoms with Gasteiger partial charge >= 0.3 is 6.18 Å². The highest BCUT2D eigenvalue weighted by Gasteiger charge is 2.31. The van der Waals surface area contributed by atoms with Crippen LogP contribution in [-0.4, -0.2) is 34.3 Å². The van der Waals surface area contributed by atoms with E-state index in [9.17, 15) is 18.0 Å². The lowest BCUT2D eigenvalue weighted by Crippen LogP contribution is -2.19. The van der Waals surface area contributed by atoms with Crippen molar-refractivity contribution in [3.8, 4) is 0 Å². The first-order chi connectivity index (χ1) is 12.7. The van der Waals surface area contributed by atoms with E-state index >= 15 is 0 Å². The van der Waals surface area contributed by atoms with Crippen LogP contribution in [0.2, 0.25) is 5.02 Å². The molecule has 1 amide bonds. The van der Waals surface area contributed by atoms with Crippen LogP contribution in [0.15, 0.2) is 42.6 Å². The summed E-state index contributed by atoms with van der Waals surface area (Å²) in [5, 5.41) is 2.46. The first-order valence-electron chi connectivity index (χ1n) is 7.95. The second-order valence-electron chi connectivity index (χ2n) is 6.22. The number of imidazole rings is 1. The number of benzene rings is 1. The van der Waals surface area contributed by atoms with Gasteiger partial charge in [-0.1, -0.05) is 17.7 Å². The van der Waals surface area contributed by atoms with E-state index < -0.39 is 17.6 Å². The molecule has 0 aliphatic heterocycles. The minimum absolute atomic E-state index is 0.00859. The zero-order valence-corrected chi connectivity index (χ0v) is 15.3. The highest BCUT2D eigenvalue weighted by atomic mass is 35.5. The van der Waals surface area contributed by atoms with E-state index in [2.05, 4.69) is 10.3 Å². The summed E-state index contributed by atoms with van der Waals surface area (Å²) in [6, 6.07) is 8.10. The van der Waals surface area contributed by atoms with Gasteiger partial charge in [0.25, 0.3) is 5.91 Å². The molecule has 5 nitrogen and oxygen atoms in total. The summed E-state index contributed by atoms with van der Waals surface area (Å²) in [7, 11) is 3.68. The van der Waals surface area contributed by atoms with Gasteiger partial charge in [0, 0.05) is 12.7 Å². The summed E-state index contributed by atoms with van der Waals surface area (Å²) in [6.07, 6.45) is -2.77. The average Bonchev–Trinajstić information content (AvgIpc) is 2.94. The van der Waals surface area contributed by atoms with Crippen LogP contribution in [-0.2, 0) is 12.7 Å². The molecule has 0 aliphatic carbocycles. The van der Waals surface area contributed by atoms with Crippen LogP contribution < -0.4 is 5.32 Å². The zero-order chi connectivity index (χ0) is 19.8. The molecule has 0 spiro atoms. The van der Waals surface area contributed by atoms with E-state index in [1.54, 1.807) is 28.8 Å². The van der Waals surface area contributed by atoms with E-state index in [0.29, 0.717) is 17.9 Å². The Morgan fingerprint density at radius 2 is 2.00 bits per heavy atom. The Kier molecular flexibility index (Phi) is 5.12. The van der Waals surface area contributed by atoms with Crippen LogP contribution in [0.5, 0.6) is 0 Å². The second kappa shape index (κ2) is 7.21. The van der Waals surface area contributed by atoms with Gasteiger partial charge in [-0.2, -0.15) is 13.2 Å². The molecule has 0 saturated heterocycles. The fraction of sp³-hybridized carbons (Fsp3) is 0.222. The number of halogens is 4. The lowest BCUT2D eigenvalue weighted by molar-refractivity contribution is -0.137. The van der Waals surface area contributed by atoms with Crippen LogP contribution in [0.1, 0.15) is 21.7 Å². The number of fused-ring (bicyclic) bond motifs is 1. The molecule has 2 aromatic heterocycles. The SMILES string of the molecule is CN(C)Cc1c(C(=O)Nc2cc(C(F)(F)F)ccc2Cl)nc2ccccn12. The monoisotopic (exact) mass is 396 g/mol. The molecule has 9 heteroatoms. The molecule has 142 valence electrons. The predicted molar refractivity (Wildman–Crippen MR) is 97.0 cm³/mol. The molecular formula is C18H16ClF3N4O. The van der Waals surface area contributed by atoms with Crippen molar-refractivity contribution in [1.82, 2.24) is 14.3 Å². The van der Waals surface area contributed by atoms with Gasteiger partial charge in [-0.3, -0.25) is 4.79 Å². The molecule has 0 atom stereocenters. The molecule has 3 rings (SSSR count). The molecule has 1 aromatic carbocycles. The summed E-state index contributed by atoms with van der Waals surface area (Å²) >= 11 is 5.96. The van der Waals surface area contributed by atoms with Crippen LogP contribution in [0.3, 0.4) is 0 Å². The summed E-state index contributed by atoms with van der Waals surface area (Å²) in [4.78, 5) is 18.9. The summed E-state index contributed by atoms with van der Waals surface area (Å²) in [6.45, 7) is 0.421. The number of rotatable bonds is 4. The van der Waals surface area contributed by atoms with Gasteiger partial charge in [0.15, 0.2) is 5.69 Å². The van der Waals surface area contributed by atoms with Crippen LogP contribution >= 0.6 is 11.6 Å². The maximum Gasteiger partial charge on any atom is 0.416 e. The predicted octanol–water partition coefficient (Wildman–Crippen LogP) is 4.32. The smallest absolute Gasteiger partial charge is 0.319 e. The van der Waals surface area contributed by atoms with Gasteiger partial charge in [0.1, 0.15) is 5.65 Å². The molecule has 1 N–H and O–H groups in total. The Morgan fingerprint density at radius 1 is 1.26 bits per heavy atom. The Labute approximate surface area is 158 Å². The Hall–Kier alpha value is -2.58. The van der Waals surface area contributed by atoms with Gasteiger partial charge in [0.2, 0.25) is 0 Å². The molecule has 0 bridgehead atoms. The number of alkyl halides is 3. The van der Waals surface area contributed by atoms with Crippen molar-refractivity contribution in [2.24, 2.45) is 0 Å². The maximum atomic E-state index is 12.9. The second-order valence-corrected chi connectivity index (χ2v) is 6.63. The Balaban J connectivity index is 2.00. The number of carbonyl (C=O) groups excluding carboxylic acids is 1. The number of nitrogens with one attached hydrogen (secondary N) is 1. The van der Waals surface area contributed by atoms with Crippen molar-refractivity contribution in [2.45, 2.75) is 12.7 Å². The van der Waals surface area contributed by atoms with E-state index in [-0.39, 0.29) is 16.4 Å². The average molecular weight is 397 g/mol. The first-order valence-corrected chi connectivity index (χ1v) is 8.33. The standard InChI is InChI=1S/C18H16ClF3N4O/c1-25(2)10-14-16(24-15-5-3-4-8-26(14)15)17(27)23-13-9-11(18(20,21)22)6-7-12(13)19/h3-9H,10H2,1-2H3,(H,23,27). The fourth-order valence-corrected chi connectivity index (χ4v) is 2.82. The van der Waals surface area contributed by atoms with Crippen molar-refractivity contribution in [3.63, 3.8) is 0 Å². The van der Waals surface area contributed by atoms with Gasteiger partial charge in [0.05, 0.1) is 22.0 Å². The van der Waals surface area contributed by atoms with Crippen molar-refractivity contribution in [2.75, 3.05) is 19.4 Å². The zero-order valence-electron chi connectivity index (χ0n) is 14.5. The largest absolute Gasteiger partial charge is 0.416 e. The Morgan fingerprint density at radius 3 is 2.67 bits per heavy atom. The number of carbonyl (C=O) groups is 1. The van der Waals surface area contributed by atoms with E-state index in [1.165, 1.54) is 0 Å². The Bertz CT molecular complexity index is 998. The molecule has 2 heterocycles. The lowest BCUT2D eigenvalue weighted by atomic mass is 10.2. The van der Waals surface area contributed by atoms with Gasteiger partial charge < -0.3 is 14.6 Å². The van der Waals surface area contributed by atoms with Gasteiger partial charge in [-0.15, -0.1) is 0 Å². The van der Waals surface area contributed by atoms with Crippen molar-refractivity contribution in [3.05, 3.63) is 64.6 Å². The van der Waals surface area contributed by atoms with Crippen molar-refractivity contribution < 1.29 is 18.0 Å². The van der Waals surface area contributed by atoms with Gasteiger partial charge in [-0.05, 0) is 44.4 Å². The van der Waals surface area contributed by atoms with Crippen LogP contribution in [0.25, 0.3) is 5.65 Å². The first kappa shape index (κ1) is 19.2. The molecule has 0 saturated carbocycles. The van der Waals surface area contributed by atoms with Crippen molar-refractivity contribution >= 4 is 28.8 Å². The highest BCUT2D eigenvalue weighted by Crippen LogP contribution is 2.34. The number of anilines is 1. The minimum Gasteiger partial charge on any atom is -0.319 e. The molecule has 3 aromatic rings. The third-order valence-electron chi connectivity index (χ3n) is 3.85. The summed E-state index contributed by atoms with van der Waals surface area (Å²) in [5.41, 5.74) is 0.296. The van der Waals surface area contributed by atoms with E-state index in [1.807, 2.05) is 19.0 Å². The van der Waals surface area contributed by atoms with Crippen molar-refractivity contribution in [1.29, 1.82) is 0 Å². The third kappa shape index (κ3) is 4.06. The molecule has 0 radical (unpaired) electrons. The number of amides is 1. The fourth-order valence-electron chi connectivity index (χ4n) is 2.66. The van der Waals surface area contributed by atoms with Gasteiger partial charge in [-0.25, -0.2) is 4.98 Å². The number of hydrogen-bond donors (Lipinski definition) is 1. The normalized spacial score (nSPS) is 12.0. The third-order valence-corrected chi connectivity index (χ3v) is 4.18. The maximum absolute atomic E-state index is 12.9.